The van der Waals surface area contributed by atoms with Crippen LogP contribution in [0.4, 0.5) is 0 Å². The third-order valence-corrected chi connectivity index (χ3v) is 4.46. The summed E-state index contributed by atoms with van der Waals surface area (Å²) in [5.74, 6) is 0.0166. The van der Waals surface area contributed by atoms with Gasteiger partial charge in [-0.1, -0.05) is 5.21 Å². The topological polar surface area (TPSA) is 94.7 Å². The van der Waals surface area contributed by atoms with Crippen LogP contribution in [0.3, 0.4) is 0 Å². The van der Waals surface area contributed by atoms with Gasteiger partial charge >= 0.3 is 0 Å². The van der Waals surface area contributed by atoms with Crippen molar-refractivity contribution >= 4 is 5.91 Å². The number of hydrogen-bond donors (Lipinski definition) is 1. The minimum Gasteiger partial charge on any atom is -0.459 e. The van der Waals surface area contributed by atoms with Gasteiger partial charge in [0.15, 0.2) is 5.76 Å². The Balaban J connectivity index is 1.41. The third-order valence-electron chi connectivity index (χ3n) is 4.46. The molecule has 25 heavy (non-hydrogen) atoms. The summed E-state index contributed by atoms with van der Waals surface area (Å²) in [6.07, 6.45) is 3.04. The van der Waals surface area contributed by atoms with Crippen molar-refractivity contribution in [2.24, 2.45) is 0 Å². The molecule has 0 spiro atoms. The summed E-state index contributed by atoms with van der Waals surface area (Å²) in [7, 11) is 3.97. The number of rotatable bonds is 5. The Kier molecular flexibility index (Phi) is 4.28. The summed E-state index contributed by atoms with van der Waals surface area (Å²) in [5.41, 5.74) is 0.897. The van der Waals surface area contributed by atoms with Crippen molar-refractivity contribution in [3.8, 4) is 0 Å². The number of hydrogen-bond acceptors (Lipinski definition) is 7. The average Bonchev–Trinajstić information content (AvgIpc) is 3.32. The first-order chi connectivity index (χ1) is 12.1. The van der Waals surface area contributed by atoms with E-state index in [-0.39, 0.29) is 36.0 Å². The lowest BCUT2D eigenvalue weighted by atomic mass is 10.1. The first-order valence-electron chi connectivity index (χ1n) is 8.25. The van der Waals surface area contributed by atoms with E-state index in [0.717, 1.165) is 12.2 Å². The summed E-state index contributed by atoms with van der Waals surface area (Å²) in [6.45, 7) is 1.61. The van der Waals surface area contributed by atoms with E-state index >= 15 is 0 Å². The van der Waals surface area contributed by atoms with Crippen LogP contribution >= 0.6 is 0 Å². The zero-order valence-corrected chi connectivity index (χ0v) is 14.2. The maximum absolute atomic E-state index is 12.2. The van der Waals surface area contributed by atoms with E-state index in [1.165, 1.54) is 6.26 Å². The second-order valence-electron chi connectivity index (χ2n) is 6.65. The number of aromatic nitrogens is 3. The lowest BCUT2D eigenvalue weighted by Gasteiger charge is -2.17. The van der Waals surface area contributed by atoms with Gasteiger partial charge in [-0.25, -0.2) is 4.68 Å². The number of carbonyl (C=O) groups excluding carboxylic acids is 1. The lowest BCUT2D eigenvalue weighted by Crippen LogP contribution is -2.44. The monoisotopic (exact) mass is 347 g/mol. The molecule has 0 radical (unpaired) electrons. The highest BCUT2D eigenvalue weighted by Crippen LogP contribution is 2.34. The zero-order valence-electron chi connectivity index (χ0n) is 14.2. The summed E-state index contributed by atoms with van der Waals surface area (Å²) in [4.78, 5) is 14.2. The zero-order chi connectivity index (χ0) is 17.4. The molecule has 2 aromatic rings. The first kappa shape index (κ1) is 16.2. The highest BCUT2D eigenvalue weighted by atomic mass is 16.6. The molecule has 0 aliphatic carbocycles. The molecule has 2 aliphatic heterocycles. The van der Waals surface area contributed by atoms with Crippen molar-refractivity contribution in [1.29, 1.82) is 0 Å². The number of carbonyl (C=O) groups is 1. The molecule has 9 heteroatoms. The van der Waals surface area contributed by atoms with E-state index in [0.29, 0.717) is 13.2 Å². The Morgan fingerprint density at radius 1 is 1.36 bits per heavy atom. The van der Waals surface area contributed by atoms with Crippen LogP contribution < -0.4 is 5.32 Å². The number of amides is 1. The Labute approximate surface area is 144 Å². The standard InChI is InChI=1S/C16H21N5O4/c1-20(2)6-10-7-21(19-18-10)12-9-25-14-11(8-24-15(12)14)17-16(22)13-4-3-5-23-13/h3-5,7,11-12,14-15H,6,8-9H2,1-2H3,(H,17,22)/t11-,12-,14+,15+/m0/s1. The maximum Gasteiger partial charge on any atom is 0.287 e. The SMILES string of the molecule is CN(C)Cc1cn([C@H]2CO[C@H]3[C@@H]2OC[C@@H]3NC(=O)c2ccco2)nn1. The third kappa shape index (κ3) is 3.17. The normalized spacial score (nSPS) is 28.4. The Hall–Kier alpha value is -2.23. The van der Waals surface area contributed by atoms with E-state index in [9.17, 15) is 4.79 Å². The molecule has 4 atom stereocenters. The molecule has 2 saturated heterocycles. The maximum atomic E-state index is 12.2. The van der Waals surface area contributed by atoms with Crippen LogP contribution in [-0.4, -0.2) is 71.4 Å². The second-order valence-corrected chi connectivity index (χ2v) is 6.65. The summed E-state index contributed by atoms with van der Waals surface area (Å²) in [6, 6.07) is 3.06. The van der Waals surface area contributed by atoms with Gasteiger partial charge in [0, 0.05) is 6.54 Å². The predicted molar refractivity (Wildman–Crippen MR) is 85.9 cm³/mol. The molecule has 2 aromatic heterocycles. The van der Waals surface area contributed by atoms with Crippen LogP contribution in [0.2, 0.25) is 0 Å². The van der Waals surface area contributed by atoms with Crippen LogP contribution in [0, 0.1) is 0 Å². The molecule has 0 unspecified atom stereocenters. The van der Waals surface area contributed by atoms with Gasteiger partial charge in [0.1, 0.15) is 18.2 Å². The van der Waals surface area contributed by atoms with E-state index in [1.807, 2.05) is 25.2 Å². The van der Waals surface area contributed by atoms with E-state index < -0.39 is 0 Å². The van der Waals surface area contributed by atoms with Gasteiger partial charge in [0.05, 0.1) is 37.4 Å². The summed E-state index contributed by atoms with van der Waals surface area (Å²) in [5, 5.41) is 11.3. The van der Waals surface area contributed by atoms with Gasteiger partial charge in [-0.05, 0) is 26.2 Å². The quantitative estimate of drug-likeness (QED) is 0.818. The van der Waals surface area contributed by atoms with Crippen molar-refractivity contribution in [1.82, 2.24) is 25.2 Å². The smallest absolute Gasteiger partial charge is 0.287 e. The highest BCUT2D eigenvalue weighted by Gasteiger charge is 2.49. The summed E-state index contributed by atoms with van der Waals surface area (Å²) >= 11 is 0. The molecular formula is C16H21N5O4. The van der Waals surface area contributed by atoms with Crippen LogP contribution in [-0.2, 0) is 16.0 Å². The number of furan rings is 1. The van der Waals surface area contributed by atoms with E-state index in [1.54, 1.807) is 16.8 Å². The molecule has 9 nitrogen and oxygen atoms in total. The lowest BCUT2D eigenvalue weighted by molar-refractivity contribution is 0.0612. The van der Waals surface area contributed by atoms with Gasteiger partial charge in [0.2, 0.25) is 0 Å². The average molecular weight is 347 g/mol. The molecule has 1 N–H and O–H groups in total. The second kappa shape index (κ2) is 6.58. The van der Waals surface area contributed by atoms with Crippen molar-refractivity contribution < 1.29 is 18.7 Å². The van der Waals surface area contributed by atoms with Gasteiger partial charge in [-0.15, -0.1) is 5.10 Å². The van der Waals surface area contributed by atoms with Crippen LogP contribution in [0.15, 0.2) is 29.0 Å². The van der Waals surface area contributed by atoms with E-state index in [2.05, 4.69) is 15.6 Å². The van der Waals surface area contributed by atoms with Crippen LogP contribution in [0.25, 0.3) is 0 Å². The molecule has 1 amide bonds. The summed E-state index contributed by atoms with van der Waals surface area (Å²) < 4.78 is 18.7. The first-order valence-corrected chi connectivity index (χ1v) is 8.25. The van der Waals surface area contributed by atoms with Gasteiger partial charge in [-0.3, -0.25) is 4.79 Å². The fourth-order valence-corrected chi connectivity index (χ4v) is 3.35. The van der Waals surface area contributed by atoms with Crippen molar-refractivity contribution in [3.63, 3.8) is 0 Å². The molecule has 2 aliphatic rings. The molecule has 0 saturated carbocycles. The molecule has 0 aromatic carbocycles. The molecular weight excluding hydrogens is 326 g/mol. The molecule has 4 heterocycles. The number of fused-ring (bicyclic) bond motifs is 1. The van der Waals surface area contributed by atoms with Gasteiger partial charge < -0.3 is 24.1 Å². The van der Waals surface area contributed by atoms with E-state index in [4.69, 9.17) is 13.9 Å². The molecule has 134 valence electrons. The fourth-order valence-electron chi connectivity index (χ4n) is 3.35. The minimum absolute atomic E-state index is 0.0427. The Morgan fingerprint density at radius 2 is 2.20 bits per heavy atom. The van der Waals surface area contributed by atoms with Crippen molar-refractivity contribution in [3.05, 3.63) is 36.0 Å². The minimum atomic E-state index is -0.264. The highest BCUT2D eigenvalue weighted by molar-refractivity contribution is 5.91. The molecule has 4 rings (SSSR count). The molecule has 0 bridgehead atoms. The van der Waals surface area contributed by atoms with Gasteiger partial charge in [-0.2, -0.15) is 0 Å². The number of nitrogens with zero attached hydrogens (tertiary/aromatic N) is 4. The fraction of sp³-hybridized carbons (Fsp3) is 0.562. The number of nitrogens with one attached hydrogen (secondary N) is 1. The number of ether oxygens (including phenoxy) is 2. The Bertz CT molecular complexity index is 729. The van der Waals surface area contributed by atoms with Crippen LogP contribution in [0.5, 0.6) is 0 Å². The largest absolute Gasteiger partial charge is 0.459 e. The van der Waals surface area contributed by atoms with Crippen molar-refractivity contribution in [2.45, 2.75) is 30.8 Å². The van der Waals surface area contributed by atoms with Crippen LogP contribution in [0.1, 0.15) is 22.3 Å². The van der Waals surface area contributed by atoms with Crippen molar-refractivity contribution in [2.75, 3.05) is 27.3 Å². The Morgan fingerprint density at radius 3 is 2.96 bits per heavy atom. The van der Waals surface area contributed by atoms with Gasteiger partial charge in [0.25, 0.3) is 5.91 Å². The molecule has 2 fully saturated rings. The predicted octanol–water partition coefficient (Wildman–Crippen LogP) is 0.0700.